The Morgan fingerprint density at radius 2 is 2.20 bits per heavy atom. The first kappa shape index (κ1) is 13.5. The first-order chi connectivity index (χ1) is 9.69. The number of halogens is 1. The lowest BCUT2D eigenvalue weighted by Gasteiger charge is -2.39. The van der Waals surface area contributed by atoms with Gasteiger partial charge in [-0.3, -0.25) is 4.90 Å². The van der Waals surface area contributed by atoms with Gasteiger partial charge in [-0.25, -0.2) is 0 Å². The standard InChI is InChI=1S/C14H19ClN4O/c15-13-8-10(3-4-12(13)14(16)17-20)19-7-6-18-5-1-2-11(18)9-19/h3-4,8,11,20H,1-2,5-7,9H2,(H2,16,17). The summed E-state index contributed by atoms with van der Waals surface area (Å²) in [5.41, 5.74) is 7.26. The number of rotatable bonds is 2. The van der Waals surface area contributed by atoms with Gasteiger partial charge in [0.25, 0.3) is 0 Å². The smallest absolute Gasteiger partial charge is 0.171 e. The molecule has 0 radical (unpaired) electrons. The molecule has 1 atom stereocenters. The topological polar surface area (TPSA) is 65.1 Å². The zero-order chi connectivity index (χ0) is 14.1. The lowest BCUT2D eigenvalue weighted by molar-refractivity contribution is 0.231. The molecule has 0 bridgehead atoms. The molecule has 2 fully saturated rings. The van der Waals surface area contributed by atoms with Crippen LogP contribution in [-0.2, 0) is 0 Å². The first-order valence-corrected chi connectivity index (χ1v) is 7.33. The van der Waals surface area contributed by atoms with E-state index >= 15 is 0 Å². The van der Waals surface area contributed by atoms with E-state index in [1.807, 2.05) is 18.2 Å². The largest absolute Gasteiger partial charge is 0.409 e. The fourth-order valence-electron chi connectivity index (χ4n) is 3.19. The highest BCUT2D eigenvalue weighted by molar-refractivity contribution is 6.34. The molecule has 1 aromatic rings. The minimum atomic E-state index is 0.0437. The molecule has 0 aromatic heterocycles. The van der Waals surface area contributed by atoms with Crippen molar-refractivity contribution in [3.05, 3.63) is 28.8 Å². The van der Waals surface area contributed by atoms with Gasteiger partial charge in [0.15, 0.2) is 5.84 Å². The normalized spacial score (nSPS) is 23.9. The number of nitrogens with two attached hydrogens (primary N) is 1. The molecule has 1 aromatic carbocycles. The Bertz CT molecular complexity index is 534. The molecule has 20 heavy (non-hydrogen) atoms. The Balaban J connectivity index is 1.79. The van der Waals surface area contributed by atoms with Crippen LogP contribution in [0.1, 0.15) is 18.4 Å². The molecule has 108 valence electrons. The van der Waals surface area contributed by atoms with Crippen LogP contribution in [0.2, 0.25) is 5.02 Å². The minimum absolute atomic E-state index is 0.0437. The highest BCUT2D eigenvalue weighted by atomic mass is 35.5. The molecule has 0 spiro atoms. The van der Waals surface area contributed by atoms with Crippen LogP contribution >= 0.6 is 11.6 Å². The summed E-state index contributed by atoms with van der Waals surface area (Å²) in [6, 6.07) is 6.38. The van der Waals surface area contributed by atoms with Crippen LogP contribution in [0, 0.1) is 0 Å². The van der Waals surface area contributed by atoms with Crippen molar-refractivity contribution in [2.45, 2.75) is 18.9 Å². The van der Waals surface area contributed by atoms with Crippen LogP contribution in [0.25, 0.3) is 0 Å². The third-order valence-corrected chi connectivity index (χ3v) is 4.60. The quantitative estimate of drug-likeness (QED) is 0.377. The van der Waals surface area contributed by atoms with Crippen molar-refractivity contribution in [2.24, 2.45) is 10.9 Å². The molecule has 2 saturated heterocycles. The average molecular weight is 295 g/mol. The summed E-state index contributed by atoms with van der Waals surface area (Å²) < 4.78 is 0. The molecule has 3 N–H and O–H groups in total. The Kier molecular flexibility index (Phi) is 3.72. The number of hydrogen-bond donors (Lipinski definition) is 2. The van der Waals surface area contributed by atoms with Gasteiger partial charge < -0.3 is 15.8 Å². The summed E-state index contributed by atoms with van der Waals surface area (Å²) >= 11 is 6.22. The van der Waals surface area contributed by atoms with E-state index in [9.17, 15) is 0 Å². The van der Waals surface area contributed by atoms with Crippen molar-refractivity contribution in [1.82, 2.24) is 4.90 Å². The van der Waals surface area contributed by atoms with Gasteiger partial charge in [-0.2, -0.15) is 0 Å². The van der Waals surface area contributed by atoms with Crippen molar-refractivity contribution in [2.75, 3.05) is 31.1 Å². The van der Waals surface area contributed by atoms with E-state index in [1.165, 1.54) is 19.4 Å². The third-order valence-electron chi connectivity index (χ3n) is 4.29. The monoisotopic (exact) mass is 294 g/mol. The lowest BCUT2D eigenvalue weighted by Crippen LogP contribution is -2.50. The van der Waals surface area contributed by atoms with Gasteiger partial charge in [0.1, 0.15) is 0 Å². The van der Waals surface area contributed by atoms with Gasteiger partial charge in [-0.1, -0.05) is 16.8 Å². The molecule has 3 rings (SSSR count). The van der Waals surface area contributed by atoms with Crippen molar-refractivity contribution >= 4 is 23.1 Å². The summed E-state index contributed by atoms with van der Waals surface area (Å²) in [5, 5.41) is 12.2. The zero-order valence-corrected chi connectivity index (χ0v) is 12.1. The van der Waals surface area contributed by atoms with Crippen LogP contribution in [0.5, 0.6) is 0 Å². The third kappa shape index (κ3) is 2.43. The van der Waals surface area contributed by atoms with Gasteiger partial charge in [0.05, 0.1) is 5.02 Å². The first-order valence-electron chi connectivity index (χ1n) is 6.95. The number of fused-ring (bicyclic) bond motifs is 1. The van der Waals surface area contributed by atoms with Crippen molar-refractivity contribution in [3.63, 3.8) is 0 Å². The van der Waals surface area contributed by atoms with Gasteiger partial charge in [0.2, 0.25) is 0 Å². The molecule has 1 unspecified atom stereocenters. The van der Waals surface area contributed by atoms with Crippen LogP contribution < -0.4 is 10.6 Å². The molecule has 2 aliphatic rings. The van der Waals surface area contributed by atoms with E-state index in [-0.39, 0.29) is 5.84 Å². The second-order valence-electron chi connectivity index (χ2n) is 5.43. The molecule has 0 saturated carbocycles. The number of benzene rings is 1. The highest BCUT2D eigenvalue weighted by Crippen LogP contribution is 2.28. The van der Waals surface area contributed by atoms with Crippen LogP contribution in [0.15, 0.2) is 23.4 Å². The second-order valence-corrected chi connectivity index (χ2v) is 5.83. The summed E-state index contributed by atoms with van der Waals surface area (Å²) in [6.45, 7) is 4.43. The zero-order valence-electron chi connectivity index (χ0n) is 11.3. The van der Waals surface area contributed by atoms with E-state index in [0.29, 0.717) is 16.6 Å². The van der Waals surface area contributed by atoms with Gasteiger partial charge >= 0.3 is 0 Å². The molecule has 5 nitrogen and oxygen atoms in total. The highest BCUT2D eigenvalue weighted by Gasteiger charge is 2.30. The number of hydrogen-bond acceptors (Lipinski definition) is 4. The molecule has 6 heteroatoms. The Labute approximate surface area is 123 Å². The number of anilines is 1. The van der Waals surface area contributed by atoms with E-state index in [2.05, 4.69) is 15.0 Å². The van der Waals surface area contributed by atoms with Crippen molar-refractivity contribution < 1.29 is 5.21 Å². The maximum absolute atomic E-state index is 8.72. The molecular formula is C14H19ClN4O. The van der Waals surface area contributed by atoms with E-state index < -0.39 is 0 Å². The van der Waals surface area contributed by atoms with Gasteiger partial charge in [0, 0.05) is 36.9 Å². The maximum atomic E-state index is 8.72. The number of amidine groups is 1. The van der Waals surface area contributed by atoms with Crippen LogP contribution in [0.4, 0.5) is 5.69 Å². The lowest BCUT2D eigenvalue weighted by atomic mass is 10.1. The fraction of sp³-hybridized carbons (Fsp3) is 0.500. The van der Waals surface area contributed by atoms with Gasteiger partial charge in [-0.05, 0) is 37.6 Å². The predicted octanol–water partition coefficient (Wildman–Crippen LogP) is 1.72. The molecule has 2 heterocycles. The molecule has 0 aliphatic carbocycles. The number of nitrogens with zero attached hydrogens (tertiary/aromatic N) is 3. The second kappa shape index (κ2) is 5.50. The van der Waals surface area contributed by atoms with Crippen LogP contribution in [-0.4, -0.2) is 48.2 Å². The Morgan fingerprint density at radius 3 is 2.95 bits per heavy atom. The fourth-order valence-corrected chi connectivity index (χ4v) is 3.46. The summed E-state index contributed by atoms with van der Waals surface area (Å²) in [7, 11) is 0. The number of oxime groups is 1. The molecule has 0 amide bonds. The average Bonchev–Trinajstić information content (AvgIpc) is 2.93. The van der Waals surface area contributed by atoms with E-state index in [4.69, 9.17) is 22.5 Å². The van der Waals surface area contributed by atoms with Crippen molar-refractivity contribution in [1.29, 1.82) is 0 Å². The maximum Gasteiger partial charge on any atom is 0.171 e. The number of piperazine rings is 1. The molecular weight excluding hydrogens is 276 g/mol. The minimum Gasteiger partial charge on any atom is -0.409 e. The predicted molar refractivity (Wildman–Crippen MR) is 80.8 cm³/mol. The summed E-state index contributed by atoms with van der Waals surface area (Å²) in [5.74, 6) is 0.0437. The van der Waals surface area contributed by atoms with E-state index in [0.717, 1.165) is 25.3 Å². The van der Waals surface area contributed by atoms with E-state index in [1.54, 1.807) is 0 Å². The van der Waals surface area contributed by atoms with Gasteiger partial charge in [-0.15, -0.1) is 0 Å². The van der Waals surface area contributed by atoms with Crippen LogP contribution in [0.3, 0.4) is 0 Å². The molecule has 2 aliphatic heterocycles. The summed E-state index contributed by atoms with van der Waals surface area (Å²) in [6.07, 6.45) is 2.59. The Morgan fingerprint density at radius 1 is 1.35 bits per heavy atom. The van der Waals surface area contributed by atoms with Crippen molar-refractivity contribution in [3.8, 4) is 0 Å². The summed E-state index contributed by atoms with van der Waals surface area (Å²) in [4.78, 5) is 4.94. The Hall–Kier alpha value is -1.46. The SMILES string of the molecule is N/C(=N/O)c1ccc(N2CCN3CCCC3C2)cc1Cl.